The van der Waals surface area contributed by atoms with E-state index in [1.54, 1.807) is 0 Å². The van der Waals surface area contributed by atoms with E-state index in [1.807, 2.05) is 0 Å². The van der Waals surface area contributed by atoms with Crippen molar-refractivity contribution < 1.29 is 0 Å². The SMILES string of the molecule is CC(C)[C@@H]1CC[C@@H](C)[C@H](Cc2ccccc2)C1. The summed E-state index contributed by atoms with van der Waals surface area (Å²) in [4.78, 5) is 0. The quantitative estimate of drug-likeness (QED) is 0.690. The van der Waals surface area contributed by atoms with Gasteiger partial charge in [0.15, 0.2) is 0 Å². The highest BCUT2D eigenvalue weighted by Gasteiger charge is 2.29. The Balaban J connectivity index is 1.99. The van der Waals surface area contributed by atoms with Crippen molar-refractivity contribution in [2.45, 2.75) is 46.5 Å². The van der Waals surface area contributed by atoms with Gasteiger partial charge in [0.1, 0.15) is 0 Å². The van der Waals surface area contributed by atoms with Crippen molar-refractivity contribution in [1.82, 2.24) is 0 Å². The monoisotopic (exact) mass is 230 g/mol. The Labute approximate surface area is 106 Å². The van der Waals surface area contributed by atoms with Crippen molar-refractivity contribution in [2.75, 3.05) is 0 Å². The average molecular weight is 230 g/mol. The van der Waals surface area contributed by atoms with Gasteiger partial charge in [-0.2, -0.15) is 0 Å². The van der Waals surface area contributed by atoms with Gasteiger partial charge in [-0.25, -0.2) is 0 Å². The third kappa shape index (κ3) is 3.34. The fraction of sp³-hybridized carbons (Fsp3) is 0.647. The summed E-state index contributed by atoms with van der Waals surface area (Å²) in [5, 5.41) is 0. The van der Waals surface area contributed by atoms with Crippen LogP contribution in [0.25, 0.3) is 0 Å². The first kappa shape index (κ1) is 12.7. The predicted molar refractivity (Wildman–Crippen MR) is 75.0 cm³/mol. The second-order valence-electron chi connectivity index (χ2n) is 6.24. The van der Waals surface area contributed by atoms with E-state index in [0.717, 1.165) is 23.7 Å². The van der Waals surface area contributed by atoms with Crippen LogP contribution in [0.3, 0.4) is 0 Å². The molecule has 2 rings (SSSR count). The van der Waals surface area contributed by atoms with E-state index in [4.69, 9.17) is 0 Å². The van der Waals surface area contributed by atoms with Gasteiger partial charge in [0.05, 0.1) is 0 Å². The van der Waals surface area contributed by atoms with Crippen LogP contribution in [0, 0.1) is 23.7 Å². The molecule has 1 aliphatic rings. The molecule has 0 heteroatoms. The molecule has 1 aliphatic carbocycles. The molecule has 0 N–H and O–H groups in total. The summed E-state index contributed by atoms with van der Waals surface area (Å²) in [5.74, 6) is 3.63. The number of rotatable bonds is 3. The summed E-state index contributed by atoms with van der Waals surface area (Å²) >= 11 is 0. The molecule has 94 valence electrons. The van der Waals surface area contributed by atoms with Crippen LogP contribution >= 0.6 is 0 Å². The Morgan fingerprint density at radius 2 is 1.82 bits per heavy atom. The molecule has 0 radical (unpaired) electrons. The van der Waals surface area contributed by atoms with Crippen LogP contribution in [0.5, 0.6) is 0 Å². The first-order valence-electron chi connectivity index (χ1n) is 7.20. The fourth-order valence-corrected chi connectivity index (χ4v) is 3.26. The molecule has 0 spiro atoms. The van der Waals surface area contributed by atoms with Crippen molar-refractivity contribution in [3.63, 3.8) is 0 Å². The zero-order valence-corrected chi connectivity index (χ0v) is 11.5. The maximum atomic E-state index is 2.45. The summed E-state index contributed by atoms with van der Waals surface area (Å²) in [6, 6.07) is 11.0. The van der Waals surface area contributed by atoms with Crippen LogP contribution < -0.4 is 0 Å². The van der Waals surface area contributed by atoms with E-state index in [1.165, 1.54) is 31.2 Å². The van der Waals surface area contributed by atoms with E-state index in [-0.39, 0.29) is 0 Å². The lowest BCUT2D eigenvalue weighted by atomic mass is 9.69. The molecule has 1 aromatic carbocycles. The highest BCUT2D eigenvalue weighted by Crippen LogP contribution is 2.38. The van der Waals surface area contributed by atoms with Gasteiger partial charge < -0.3 is 0 Å². The van der Waals surface area contributed by atoms with Gasteiger partial charge >= 0.3 is 0 Å². The summed E-state index contributed by atoms with van der Waals surface area (Å²) in [7, 11) is 0. The molecule has 1 aromatic rings. The smallest absolute Gasteiger partial charge is 0.0248 e. The average Bonchev–Trinajstić information content (AvgIpc) is 2.33. The lowest BCUT2D eigenvalue weighted by molar-refractivity contribution is 0.158. The number of hydrogen-bond donors (Lipinski definition) is 0. The number of benzene rings is 1. The maximum Gasteiger partial charge on any atom is -0.0248 e. The fourth-order valence-electron chi connectivity index (χ4n) is 3.26. The Hall–Kier alpha value is -0.780. The molecule has 0 heterocycles. The Kier molecular flexibility index (Phi) is 4.25. The Bertz CT molecular complexity index is 325. The van der Waals surface area contributed by atoms with E-state index in [2.05, 4.69) is 51.1 Å². The summed E-state index contributed by atoms with van der Waals surface area (Å²) in [5.41, 5.74) is 1.52. The molecule has 0 aromatic heterocycles. The van der Waals surface area contributed by atoms with Crippen LogP contribution in [-0.4, -0.2) is 0 Å². The van der Waals surface area contributed by atoms with E-state index in [9.17, 15) is 0 Å². The zero-order valence-electron chi connectivity index (χ0n) is 11.5. The normalized spacial score (nSPS) is 29.5. The van der Waals surface area contributed by atoms with Gasteiger partial charge in [0.25, 0.3) is 0 Å². The highest BCUT2D eigenvalue weighted by molar-refractivity contribution is 5.15. The van der Waals surface area contributed by atoms with Crippen LogP contribution in [0.1, 0.15) is 45.6 Å². The second-order valence-corrected chi connectivity index (χ2v) is 6.24. The molecule has 1 saturated carbocycles. The third-order valence-electron chi connectivity index (χ3n) is 4.69. The van der Waals surface area contributed by atoms with Gasteiger partial charge in [-0.3, -0.25) is 0 Å². The zero-order chi connectivity index (χ0) is 12.3. The lowest BCUT2D eigenvalue weighted by Gasteiger charge is -2.36. The first-order chi connectivity index (χ1) is 8.16. The van der Waals surface area contributed by atoms with Crippen molar-refractivity contribution in [3.8, 4) is 0 Å². The molecule has 0 unspecified atom stereocenters. The summed E-state index contributed by atoms with van der Waals surface area (Å²) < 4.78 is 0. The van der Waals surface area contributed by atoms with Crippen molar-refractivity contribution in [1.29, 1.82) is 0 Å². The third-order valence-corrected chi connectivity index (χ3v) is 4.69. The van der Waals surface area contributed by atoms with Gasteiger partial charge in [0, 0.05) is 0 Å². The first-order valence-corrected chi connectivity index (χ1v) is 7.20. The largest absolute Gasteiger partial charge is 0.0625 e. The minimum Gasteiger partial charge on any atom is -0.0625 e. The lowest BCUT2D eigenvalue weighted by Crippen LogP contribution is -2.27. The standard InChI is InChI=1S/C17H26/c1-13(2)16-10-9-14(3)17(12-16)11-15-7-5-4-6-8-15/h4-8,13-14,16-17H,9-12H2,1-3H3/t14-,16-,17-/m1/s1. The second kappa shape index (κ2) is 5.71. The Morgan fingerprint density at radius 3 is 2.47 bits per heavy atom. The molecular formula is C17H26. The topological polar surface area (TPSA) is 0 Å². The molecule has 0 bridgehead atoms. The molecule has 0 aliphatic heterocycles. The molecule has 0 amide bonds. The number of hydrogen-bond acceptors (Lipinski definition) is 0. The van der Waals surface area contributed by atoms with E-state index >= 15 is 0 Å². The van der Waals surface area contributed by atoms with Crippen molar-refractivity contribution in [3.05, 3.63) is 35.9 Å². The van der Waals surface area contributed by atoms with Crippen LogP contribution in [0.4, 0.5) is 0 Å². The maximum absolute atomic E-state index is 2.45. The predicted octanol–water partition coefficient (Wildman–Crippen LogP) is 4.94. The van der Waals surface area contributed by atoms with Crippen LogP contribution in [0.15, 0.2) is 30.3 Å². The van der Waals surface area contributed by atoms with Gasteiger partial charge in [-0.05, 0) is 48.5 Å². The van der Waals surface area contributed by atoms with Gasteiger partial charge in [-0.1, -0.05) is 57.5 Å². The van der Waals surface area contributed by atoms with E-state index < -0.39 is 0 Å². The molecule has 17 heavy (non-hydrogen) atoms. The van der Waals surface area contributed by atoms with Crippen LogP contribution in [0.2, 0.25) is 0 Å². The van der Waals surface area contributed by atoms with Crippen molar-refractivity contribution >= 4 is 0 Å². The minimum absolute atomic E-state index is 0.862. The van der Waals surface area contributed by atoms with Crippen LogP contribution in [-0.2, 0) is 6.42 Å². The molecule has 0 nitrogen and oxygen atoms in total. The summed E-state index contributed by atoms with van der Waals surface area (Å²) in [6.07, 6.45) is 5.60. The van der Waals surface area contributed by atoms with E-state index in [0.29, 0.717) is 0 Å². The molecular weight excluding hydrogens is 204 g/mol. The van der Waals surface area contributed by atoms with Gasteiger partial charge in [0.2, 0.25) is 0 Å². The van der Waals surface area contributed by atoms with Gasteiger partial charge in [-0.15, -0.1) is 0 Å². The summed E-state index contributed by atoms with van der Waals surface area (Å²) in [6.45, 7) is 7.23. The molecule has 3 atom stereocenters. The molecule has 0 saturated heterocycles. The minimum atomic E-state index is 0.862. The van der Waals surface area contributed by atoms with Crippen molar-refractivity contribution in [2.24, 2.45) is 23.7 Å². The Morgan fingerprint density at radius 1 is 1.12 bits per heavy atom. The molecule has 1 fully saturated rings. The highest BCUT2D eigenvalue weighted by atomic mass is 14.3.